The van der Waals surface area contributed by atoms with Crippen molar-refractivity contribution in [2.24, 2.45) is 5.92 Å². The monoisotopic (exact) mass is 432 g/mol. The van der Waals surface area contributed by atoms with Crippen LogP contribution >= 0.6 is 0 Å². The average Bonchev–Trinajstić information content (AvgIpc) is 3.68. The lowest BCUT2D eigenvalue weighted by molar-refractivity contribution is -0.133. The summed E-state index contributed by atoms with van der Waals surface area (Å²) in [5.41, 5.74) is 3.29. The van der Waals surface area contributed by atoms with E-state index in [1.807, 2.05) is 23.1 Å². The molecular weight excluding hydrogens is 396 g/mol. The van der Waals surface area contributed by atoms with Gasteiger partial charge in [0.05, 0.1) is 0 Å². The Kier molecular flexibility index (Phi) is 6.63. The standard InChI is InChI=1S/C27H36N4O/c32-27(31-14-5-2-6-15-31)26(23-8-3-1-4-9-23)28-24-10-7-11-25(20-24)30-18-16-29(17-19-30)21-22-12-13-22/h1,3-4,7-11,20,22,26,28H,2,5-6,12-19,21H2. The van der Waals surface area contributed by atoms with Gasteiger partial charge in [0.1, 0.15) is 6.04 Å². The maximum atomic E-state index is 13.5. The van der Waals surface area contributed by atoms with Gasteiger partial charge in [-0.2, -0.15) is 0 Å². The molecule has 1 aliphatic carbocycles. The van der Waals surface area contributed by atoms with Gasteiger partial charge in [0.25, 0.3) is 0 Å². The largest absolute Gasteiger partial charge is 0.370 e. The molecule has 2 aliphatic heterocycles. The summed E-state index contributed by atoms with van der Waals surface area (Å²) < 4.78 is 0. The first-order valence-electron chi connectivity index (χ1n) is 12.4. The van der Waals surface area contributed by atoms with Crippen LogP contribution in [-0.2, 0) is 4.79 Å². The molecule has 32 heavy (non-hydrogen) atoms. The van der Waals surface area contributed by atoms with Gasteiger partial charge in [-0.05, 0) is 61.8 Å². The molecule has 1 amide bonds. The summed E-state index contributed by atoms with van der Waals surface area (Å²) in [6.45, 7) is 7.47. The summed E-state index contributed by atoms with van der Waals surface area (Å²) in [6.07, 6.45) is 6.29. The Labute approximate surface area is 192 Å². The van der Waals surface area contributed by atoms with Crippen LogP contribution in [0, 0.1) is 5.92 Å². The van der Waals surface area contributed by atoms with Gasteiger partial charge < -0.3 is 15.1 Å². The lowest BCUT2D eigenvalue weighted by Crippen LogP contribution is -2.47. The predicted octanol–water partition coefficient (Wildman–Crippen LogP) is 4.38. The van der Waals surface area contributed by atoms with Gasteiger partial charge in [0.15, 0.2) is 0 Å². The Hall–Kier alpha value is -2.53. The molecule has 170 valence electrons. The maximum Gasteiger partial charge on any atom is 0.249 e. The fraction of sp³-hybridized carbons (Fsp3) is 0.519. The predicted molar refractivity (Wildman–Crippen MR) is 131 cm³/mol. The first-order chi connectivity index (χ1) is 15.8. The maximum absolute atomic E-state index is 13.5. The van der Waals surface area contributed by atoms with Crippen LogP contribution in [0.2, 0.25) is 0 Å². The van der Waals surface area contributed by atoms with E-state index in [0.29, 0.717) is 0 Å². The van der Waals surface area contributed by atoms with E-state index in [2.05, 4.69) is 51.5 Å². The second-order valence-electron chi connectivity index (χ2n) is 9.66. The highest BCUT2D eigenvalue weighted by Crippen LogP contribution is 2.31. The van der Waals surface area contributed by atoms with Crippen molar-refractivity contribution < 1.29 is 4.79 Å². The highest BCUT2D eigenvalue weighted by Gasteiger charge is 2.28. The Balaban J connectivity index is 1.28. The molecule has 2 saturated heterocycles. The molecule has 0 radical (unpaired) electrons. The van der Waals surface area contributed by atoms with Gasteiger partial charge in [-0.15, -0.1) is 0 Å². The first kappa shape index (κ1) is 21.3. The van der Waals surface area contributed by atoms with Crippen LogP contribution in [0.5, 0.6) is 0 Å². The molecule has 0 aromatic heterocycles. The normalized spacial score (nSPS) is 20.8. The number of carbonyl (C=O) groups is 1. The minimum Gasteiger partial charge on any atom is -0.370 e. The second kappa shape index (κ2) is 9.95. The van der Waals surface area contributed by atoms with E-state index in [-0.39, 0.29) is 11.9 Å². The van der Waals surface area contributed by atoms with Crippen LogP contribution in [0.1, 0.15) is 43.7 Å². The zero-order valence-corrected chi connectivity index (χ0v) is 19.1. The Morgan fingerprint density at radius 2 is 1.62 bits per heavy atom. The minimum atomic E-state index is -0.347. The molecule has 2 heterocycles. The SMILES string of the molecule is O=C(C(Nc1cccc(N2CCN(CC3CC3)CC2)c1)c1ccccc1)N1CCCCC1. The van der Waals surface area contributed by atoms with E-state index in [0.717, 1.165) is 69.3 Å². The average molecular weight is 433 g/mol. The van der Waals surface area contributed by atoms with Gasteiger partial charge in [-0.25, -0.2) is 0 Å². The summed E-state index contributed by atoms with van der Waals surface area (Å²) in [5, 5.41) is 3.59. The molecule has 1 unspecified atom stereocenters. The number of piperidine rings is 1. The molecule has 5 heteroatoms. The van der Waals surface area contributed by atoms with Gasteiger partial charge >= 0.3 is 0 Å². The Morgan fingerprint density at radius 1 is 0.875 bits per heavy atom. The van der Waals surface area contributed by atoms with E-state index >= 15 is 0 Å². The Morgan fingerprint density at radius 3 is 2.34 bits per heavy atom. The third-order valence-corrected chi connectivity index (χ3v) is 7.16. The van der Waals surface area contributed by atoms with Gasteiger partial charge in [0, 0.05) is 57.2 Å². The van der Waals surface area contributed by atoms with Crippen LogP contribution in [0.4, 0.5) is 11.4 Å². The number of carbonyl (C=O) groups excluding carboxylic acids is 1. The molecule has 3 fully saturated rings. The second-order valence-corrected chi connectivity index (χ2v) is 9.66. The molecule has 5 nitrogen and oxygen atoms in total. The minimum absolute atomic E-state index is 0.190. The number of nitrogens with one attached hydrogen (secondary N) is 1. The van der Waals surface area contributed by atoms with Crippen molar-refractivity contribution in [3.63, 3.8) is 0 Å². The quantitative estimate of drug-likeness (QED) is 0.705. The Bertz CT molecular complexity index is 884. The molecule has 1 N–H and O–H groups in total. The molecule has 3 aliphatic rings. The van der Waals surface area contributed by atoms with Crippen LogP contribution in [0.3, 0.4) is 0 Å². The third kappa shape index (κ3) is 5.26. The fourth-order valence-corrected chi connectivity index (χ4v) is 5.04. The fourth-order valence-electron chi connectivity index (χ4n) is 5.04. The van der Waals surface area contributed by atoms with Crippen LogP contribution in [0.15, 0.2) is 54.6 Å². The van der Waals surface area contributed by atoms with Crippen molar-refractivity contribution in [1.82, 2.24) is 9.80 Å². The molecule has 0 bridgehead atoms. The molecule has 2 aromatic carbocycles. The highest BCUT2D eigenvalue weighted by molar-refractivity contribution is 5.86. The molecule has 5 rings (SSSR count). The summed E-state index contributed by atoms with van der Waals surface area (Å²) in [5.74, 6) is 1.15. The van der Waals surface area contributed by atoms with Gasteiger partial charge in [-0.1, -0.05) is 36.4 Å². The van der Waals surface area contributed by atoms with Crippen molar-refractivity contribution in [3.05, 3.63) is 60.2 Å². The lowest BCUT2D eigenvalue weighted by atomic mass is 10.0. The lowest BCUT2D eigenvalue weighted by Gasteiger charge is -2.36. The van der Waals surface area contributed by atoms with E-state index in [1.54, 1.807) is 0 Å². The highest BCUT2D eigenvalue weighted by atomic mass is 16.2. The smallest absolute Gasteiger partial charge is 0.249 e. The van der Waals surface area contributed by atoms with E-state index in [4.69, 9.17) is 0 Å². The number of nitrogens with zero attached hydrogens (tertiary/aromatic N) is 3. The van der Waals surface area contributed by atoms with Crippen LogP contribution in [-0.4, -0.2) is 61.5 Å². The molecule has 1 saturated carbocycles. The van der Waals surface area contributed by atoms with Crippen molar-refractivity contribution in [2.45, 2.75) is 38.1 Å². The zero-order chi connectivity index (χ0) is 21.8. The van der Waals surface area contributed by atoms with Crippen molar-refractivity contribution in [3.8, 4) is 0 Å². The number of anilines is 2. The summed E-state index contributed by atoms with van der Waals surface area (Å²) in [7, 11) is 0. The number of amides is 1. The number of hydrogen-bond donors (Lipinski definition) is 1. The van der Waals surface area contributed by atoms with Gasteiger partial charge in [0.2, 0.25) is 5.91 Å². The van der Waals surface area contributed by atoms with Crippen molar-refractivity contribution in [1.29, 1.82) is 0 Å². The number of piperazine rings is 1. The number of likely N-dealkylation sites (tertiary alicyclic amines) is 1. The third-order valence-electron chi connectivity index (χ3n) is 7.16. The first-order valence-corrected chi connectivity index (χ1v) is 12.4. The molecule has 2 aromatic rings. The number of rotatable bonds is 7. The summed E-state index contributed by atoms with van der Waals surface area (Å²) in [4.78, 5) is 20.6. The summed E-state index contributed by atoms with van der Waals surface area (Å²) in [6, 6.07) is 18.4. The van der Waals surface area contributed by atoms with Crippen molar-refractivity contribution >= 4 is 17.3 Å². The number of hydrogen-bond acceptors (Lipinski definition) is 4. The van der Waals surface area contributed by atoms with E-state index < -0.39 is 0 Å². The van der Waals surface area contributed by atoms with E-state index in [9.17, 15) is 4.79 Å². The zero-order valence-electron chi connectivity index (χ0n) is 19.1. The van der Waals surface area contributed by atoms with E-state index in [1.165, 1.54) is 31.5 Å². The summed E-state index contributed by atoms with van der Waals surface area (Å²) >= 11 is 0. The topological polar surface area (TPSA) is 38.8 Å². The van der Waals surface area contributed by atoms with Crippen molar-refractivity contribution in [2.75, 3.05) is 56.0 Å². The van der Waals surface area contributed by atoms with Crippen LogP contribution < -0.4 is 10.2 Å². The molecule has 1 atom stereocenters. The van der Waals surface area contributed by atoms with Crippen LogP contribution in [0.25, 0.3) is 0 Å². The van der Waals surface area contributed by atoms with Gasteiger partial charge in [-0.3, -0.25) is 9.69 Å². The number of benzene rings is 2. The molecule has 0 spiro atoms. The molecular formula is C27H36N4O.